The summed E-state index contributed by atoms with van der Waals surface area (Å²) < 4.78 is 0. The minimum Gasteiger partial charge on any atom is -0.342 e. The zero-order chi connectivity index (χ0) is 18.4. The van der Waals surface area contributed by atoms with Gasteiger partial charge < -0.3 is 10.2 Å². The zero-order valence-corrected chi connectivity index (χ0v) is 15.3. The number of anilines is 1. The molecule has 4 heteroatoms. The molecule has 1 N–H and O–H groups in total. The molecule has 1 heterocycles. The first kappa shape index (κ1) is 18.2. The van der Waals surface area contributed by atoms with Crippen LogP contribution in [0.15, 0.2) is 54.6 Å². The van der Waals surface area contributed by atoms with Gasteiger partial charge in [0.1, 0.15) is 0 Å². The standard InChI is InChI=1S/C22H26N2O2/c1-17-9-11-18(12-10-17)13-14-21(25)24-15-5-6-19(16-24)22(26)23-20-7-3-2-4-8-20/h2-4,7-12,19H,5-6,13-16H2,1H3,(H,23,26). The predicted molar refractivity (Wildman–Crippen MR) is 104 cm³/mol. The number of carbonyl (C=O) groups is 2. The lowest BCUT2D eigenvalue weighted by Gasteiger charge is -2.32. The van der Waals surface area contributed by atoms with Gasteiger partial charge in [0, 0.05) is 25.2 Å². The Morgan fingerprint density at radius 3 is 2.54 bits per heavy atom. The lowest BCUT2D eigenvalue weighted by Crippen LogP contribution is -2.43. The molecule has 1 atom stereocenters. The van der Waals surface area contributed by atoms with Crippen molar-refractivity contribution < 1.29 is 9.59 Å². The molecule has 1 saturated heterocycles. The Morgan fingerprint density at radius 1 is 1.08 bits per heavy atom. The molecule has 1 fully saturated rings. The third-order valence-corrected chi connectivity index (χ3v) is 4.93. The Balaban J connectivity index is 1.51. The van der Waals surface area contributed by atoms with Gasteiger partial charge in [-0.3, -0.25) is 9.59 Å². The molecular weight excluding hydrogens is 324 g/mol. The Hall–Kier alpha value is -2.62. The highest BCUT2D eigenvalue weighted by atomic mass is 16.2. The van der Waals surface area contributed by atoms with Gasteiger partial charge in [-0.05, 0) is 43.9 Å². The van der Waals surface area contributed by atoms with Crippen molar-refractivity contribution in [2.24, 2.45) is 5.92 Å². The molecule has 1 aliphatic heterocycles. The average Bonchev–Trinajstić information content (AvgIpc) is 2.68. The highest BCUT2D eigenvalue weighted by Gasteiger charge is 2.28. The third-order valence-electron chi connectivity index (χ3n) is 4.93. The first-order chi connectivity index (χ1) is 12.6. The molecule has 2 aromatic carbocycles. The zero-order valence-electron chi connectivity index (χ0n) is 15.3. The fourth-order valence-corrected chi connectivity index (χ4v) is 3.35. The summed E-state index contributed by atoms with van der Waals surface area (Å²) >= 11 is 0. The molecular formula is C22H26N2O2. The van der Waals surface area contributed by atoms with E-state index in [9.17, 15) is 9.59 Å². The Labute approximate surface area is 155 Å². The first-order valence-electron chi connectivity index (χ1n) is 9.31. The van der Waals surface area contributed by atoms with Gasteiger partial charge in [-0.1, -0.05) is 48.0 Å². The predicted octanol–water partition coefficient (Wildman–Crippen LogP) is 3.80. The maximum absolute atomic E-state index is 12.6. The Kier molecular flexibility index (Phi) is 6.05. The molecule has 0 bridgehead atoms. The monoisotopic (exact) mass is 350 g/mol. The molecule has 4 nitrogen and oxygen atoms in total. The van der Waals surface area contributed by atoms with Crippen molar-refractivity contribution in [3.63, 3.8) is 0 Å². The van der Waals surface area contributed by atoms with E-state index in [-0.39, 0.29) is 17.7 Å². The number of hydrogen-bond donors (Lipinski definition) is 1. The van der Waals surface area contributed by atoms with Crippen molar-refractivity contribution >= 4 is 17.5 Å². The van der Waals surface area contributed by atoms with Crippen LogP contribution >= 0.6 is 0 Å². The molecule has 136 valence electrons. The highest BCUT2D eigenvalue weighted by molar-refractivity contribution is 5.93. The Morgan fingerprint density at radius 2 is 1.81 bits per heavy atom. The minimum atomic E-state index is -0.132. The molecule has 0 spiro atoms. The van der Waals surface area contributed by atoms with E-state index in [0.29, 0.717) is 13.0 Å². The summed E-state index contributed by atoms with van der Waals surface area (Å²) in [5, 5.41) is 2.96. The van der Waals surface area contributed by atoms with E-state index < -0.39 is 0 Å². The maximum Gasteiger partial charge on any atom is 0.229 e. The number of hydrogen-bond acceptors (Lipinski definition) is 2. The van der Waals surface area contributed by atoms with E-state index in [1.807, 2.05) is 35.2 Å². The summed E-state index contributed by atoms with van der Waals surface area (Å²) in [4.78, 5) is 26.9. The van der Waals surface area contributed by atoms with Gasteiger partial charge in [0.15, 0.2) is 0 Å². The summed E-state index contributed by atoms with van der Waals surface area (Å²) in [6.45, 7) is 3.33. The third kappa shape index (κ3) is 4.94. The molecule has 1 aliphatic rings. The van der Waals surface area contributed by atoms with E-state index in [2.05, 4.69) is 36.5 Å². The van der Waals surface area contributed by atoms with Gasteiger partial charge in [0.2, 0.25) is 11.8 Å². The summed E-state index contributed by atoms with van der Waals surface area (Å²) in [5.41, 5.74) is 3.21. The van der Waals surface area contributed by atoms with Gasteiger partial charge in [0.05, 0.1) is 5.92 Å². The van der Waals surface area contributed by atoms with Gasteiger partial charge in [0.25, 0.3) is 0 Å². The molecule has 0 aromatic heterocycles. The molecule has 26 heavy (non-hydrogen) atoms. The number of piperidine rings is 1. The normalized spacial score (nSPS) is 17.0. The van der Waals surface area contributed by atoms with Crippen molar-refractivity contribution in [2.45, 2.75) is 32.6 Å². The first-order valence-corrected chi connectivity index (χ1v) is 9.31. The molecule has 0 radical (unpaired) electrons. The van der Waals surface area contributed by atoms with Crippen molar-refractivity contribution in [2.75, 3.05) is 18.4 Å². The van der Waals surface area contributed by atoms with E-state index in [1.165, 1.54) is 11.1 Å². The van der Waals surface area contributed by atoms with E-state index in [1.54, 1.807) is 0 Å². The number of para-hydroxylation sites is 1. The summed E-state index contributed by atoms with van der Waals surface area (Å²) in [6, 6.07) is 17.8. The number of amides is 2. The van der Waals surface area contributed by atoms with E-state index >= 15 is 0 Å². The van der Waals surface area contributed by atoms with E-state index in [4.69, 9.17) is 0 Å². The second kappa shape index (κ2) is 8.65. The number of benzene rings is 2. The minimum absolute atomic E-state index is 0.00670. The van der Waals surface area contributed by atoms with Crippen LogP contribution in [-0.4, -0.2) is 29.8 Å². The van der Waals surface area contributed by atoms with Crippen LogP contribution in [0.5, 0.6) is 0 Å². The molecule has 0 saturated carbocycles. The maximum atomic E-state index is 12.6. The second-order valence-electron chi connectivity index (χ2n) is 7.02. The molecule has 1 unspecified atom stereocenters. The van der Waals surface area contributed by atoms with Crippen LogP contribution in [-0.2, 0) is 16.0 Å². The summed E-state index contributed by atoms with van der Waals surface area (Å²) in [5.74, 6) is 0.0160. The van der Waals surface area contributed by atoms with Crippen molar-refractivity contribution in [1.29, 1.82) is 0 Å². The fourth-order valence-electron chi connectivity index (χ4n) is 3.35. The lowest BCUT2D eigenvalue weighted by molar-refractivity contribution is -0.134. The van der Waals surface area contributed by atoms with Crippen LogP contribution < -0.4 is 5.32 Å². The van der Waals surface area contributed by atoms with Crippen LogP contribution in [0.4, 0.5) is 5.69 Å². The topological polar surface area (TPSA) is 49.4 Å². The van der Waals surface area contributed by atoms with Crippen molar-refractivity contribution in [3.8, 4) is 0 Å². The van der Waals surface area contributed by atoms with Crippen molar-refractivity contribution in [3.05, 3.63) is 65.7 Å². The van der Waals surface area contributed by atoms with Crippen LogP contribution in [0, 0.1) is 12.8 Å². The number of likely N-dealkylation sites (tertiary alicyclic amines) is 1. The van der Waals surface area contributed by atoms with Gasteiger partial charge >= 0.3 is 0 Å². The SMILES string of the molecule is Cc1ccc(CCC(=O)N2CCCC(C(=O)Nc3ccccc3)C2)cc1. The van der Waals surface area contributed by atoms with Crippen LogP contribution in [0.25, 0.3) is 0 Å². The number of carbonyl (C=O) groups excluding carboxylic acids is 2. The van der Waals surface area contributed by atoms with E-state index in [0.717, 1.165) is 31.5 Å². The Bertz CT molecular complexity index is 740. The average molecular weight is 350 g/mol. The fraction of sp³-hybridized carbons (Fsp3) is 0.364. The number of aryl methyl sites for hydroxylation is 2. The lowest BCUT2D eigenvalue weighted by atomic mass is 9.96. The number of nitrogens with one attached hydrogen (secondary N) is 1. The number of rotatable bonds is 5. The molecule has 3 rings (SSSR count). The van der Waals surface area contributed by atoms with Crippen LogP contribution in [0.3, 0.4) is 0 Å². The molecule has 2 amide bonds. The summed E-state index contributed by atoms with van der Waals surface area (Å²) in [6.07, 6.45) is 2.95. The highest BCUT2D eigenvalue weighted by Crippen LogP contribution is 2.20. The van der Waals surface area contributed by atoms with Crippen LogP contribution in [0.1, 0.15) is 30.4 Å². The van der Waals surface area contributed by atoms with Gasteiger partial charge in [-0.15, -0.1) is 0 Å². The molecule has 0 aliphatic carbocycles. The van der Waals surface area contributed by atoms with Crippen molar-refractivity contribution in [1.82, 2.24) is 4.90 Å². The largest absolute Gasteiger partial charge is 0.342 e. The van der Waals surface area contributed by atoms with Gasteiger partial charge in [-0.25, -0.2) is 0 Å². The van der Waals surface area contributed by atoms with Crippen LogP contribution in [0.2, 0.25) is 0 Å². The number of nitrogens with zero attached hydrogens (tertiary/aromatic N) is 1. The van der Waals surface area contributed by atoms with Gasteiger partial charge in [-0.2, -0.15) is 0 Å². The quantitative estimate of drug-likeness (QED) is 0.891. The molecule has 2 aromatic rings. The smallest absolute Gasteiger partial charge is 0.229 e. The summed E-state index contributed by atoms with van der Waals surface area (Å²) in [7, 11) is 0. The second-order valence-corrected chi connectivity index (χ2v) is 7.02.